The minimum Gasteiger partial charge on any atom is -0.482 e. The zero-order valence-corrected chi connectivity index (χ0v) is 8.88. The van der Waals surface area contributed by atoms with E-state index in [1.807, 2.05) is 6.07 Å². The van der Waals surface area contributed by atoms with E-state index in [0.29, 0.717) is 24.1 Å². The van der Waals surface area contributed by atoms with Crippen LogP contribution in [0.4, 0.5) is 0 Å². The van der Waals surface area contributed by atoms with Crippen LogP contribution in [0.5, 0.6) is 5.75 Å². The summed E-state index contributed by atoms with van der Waals surface area (Å²) in [5, 5.41) is 7.51. The molecule has 2 aromatic heterocycles. The molecular formula is C10H12N4O2. The van der Waals surface area contributed by atoms with E-state index < -0.39 is 0 Å². The third-order valence-corrected chi connectivity index (χ3v) is 1.94. The molecule has 0 aliphatic rings. The van der Waals surface area contributed by atoms with Crippen LogP contribution in [0.1, 0.15) is 17.5 Å². The lowest BCUT2D eigenvalue weighted by atomic mass is 10.3. The molecule has 2 rings (SSSR count). The quantitative estimate of drug-likeness (QED) is 0.820. The molecule has 2 heterocycles. The Morgan fingerprint density at radius 3 is 2.81 bits per heavy atom. The van der Waals surface area contributed by atoms with Gasteiger partial charge < -0.3 is 14.9 Å². The molecule has 6 heteroatoms. The first-order valence-electron chi connectivity index (χ1n) is 4.84. The number of hydrogen-bond donors (Lipinski definition) is 1. The highest BCUT2D eigenvalue weighted by Crippen LogP contribution is 2.11. The summed E-state index contributed by atoms with van der Waals surface area (Å²) in [7, 11) is 0. The van der Waals surface area contributed by atoms with Crippen LogP contribution >= 0.6 is 0 Å². The van der Waals surface area contributed by atoms with Crippen molar-refractivity contribution in [2.24, 2.45) is 5.73 Å². The topological polar surface area (TPSA) is 87.1 Å². The Morgan fingerprint density at radius 1 is 1.38 bits per heavy atom. The number of nitrogens with zero attached hydrogens (tertiary/aromatic N) is 3. The van der Waals surface area contributed by atoms with Crippen molar-refractivity contribution in [1.29, 1.82) is 0 Å². The molecule has 0 aliphatic carbocycles. The predicted molar refractivity (Wildman–Crippen MR) is 55.5 cm³/mol. The van der Waals surface area contributed by atoms with Gasteiger partial charge in [-0.15, -0.1) is 10.2 Å². The monoisotopic (exact) mass is 220 g/mol. The summed E-state index contributed by atoms with van der Waals surface area (Å²) in [6, 6.07) is 3.62. The molecule has 0 aliphatic heterocycles. The van der Waals surface area contributed by atoms with Crippen molar-refractivity contribution < 1.29 is 9.15 Å². The zero-order chi connectivity index (χ0) is 11.4. The lowest BCUT2D eigenvalue weighted by Crippen LogP contribution is -2.00. The average Bonchev–Trinajstić information content (AvgIpc) is 2.73. The average molecular weight is 220 g/mol. The van der Waals surface area contributed by atoms with Crippen molar-refractivity contribution in [3.63, 3.8) is 0 Å². The summed E-state index contributed by atoms with van der Waals surface area (Å²) in [6.07, 6.45) is 1.62. The maximum atomic E-state index is 5.43. The Labute approximate surface area is 92.5 Å². The molecular weight excluding hydrogens is 208 g/mol. The van der Waals surface area contributed by atoms with E-state index in [-0.39, 0.29) is 6.61 Å². The molecule has 0 aromatic carbocycles. The van der Waals surface area contributed by atoms with E-state index >= 15 is 0 Å². The largest absolute Gasteiger partial charge is 0.482 e. The normalized spacial score (nSPS) is 10.4. The molecule has 0 unspecified atom stereocenters. The Balaban J connectivity index is 1.94. The molecule has 0 spiro atoms. The number of nitrogens with two attached hydrogens (primary N) is 1. The summed E-state index contributed by atoms with van der Waals surface area (Å²) in [6.45, 7) is 2.39. The van der Waals surface area contributed by atoms with Crippen molar-refractivity contribution in [3.8, 4) is 5.75 Å². The summed E-state index contributed by atoms with van der Waals surface area (Å²) in [5.41, 5.74) is 6.25. The Hall–Kier alpha value is -1.95. The van der Waals surface area contributed by atoms with Crippen molar-refractivity contribution in [2.45, 2.75) is 20.1 Å². The van der Waals surface area contributed by atoms with Crippen LogP contribution < -0.4 is 10.5 Å². The van der Waals surface area contributed by atoms with E-state index in [1.165, 1.54) is 0 Å². The van der Waals surface area contributed by atoms with Gasteiger partial charge in [-0.25, -0.2) is 0 Å². The molecule has 0 saturated heterocycles. The minimum atomic E-state index is 0.241. The smallest absolute Gasteiger partial charge is 0.253 e. The SMILES string of the molecule is Cc1nnc(COc2ccc(CN)nc2)o1. The van der Waals surface area contributed by atoms with Crippen molar-refractivity contribution in [3.05, 3.63) is 35.8 Å². The number of aromatic nitrogens is 3. The van der Waals surface area contributed by atoms with Crippen LogP contribution in [0.25, 0.3) is 0 Å². The maximum Gasteiger partial charge on any atom is 0.253 e. The van der Waals surface area contributed by atoms with Gasteiger partial charge in [0, 0.05) is 13.5 Å². The van der Waals surface area contributed by atoms with Gasteiger partial charge >= 0.3 is 0 Å². The second-order valence-corrected chi connectivity index (χ2v) is 3.19. The van der Waals surface area contributed by atoms with Gasteiger partial charge in [0.25, 0.3) is 5.89 Å². The fraction of sp³-hybridized carbons (Fsp3) is 0.300. The lowest BCUT2D eigenvalue weighted by Gasteiger charge is -2.02. The summed E-state index contributed by atoms with van der Waals surface area (Å²) >= 11 is 0. The predicted octanol–water partition coefficient (Wildman–Crippen LogP) is 0.811. The van der Waals surface area contributed by atoms with E-state index in [1.54, 1.807) is 19.2 Å². The highest BCUT2D eigenvalue weighted by atomic mass is 16.5. The molecule has 0 radical (unpaired) electrons. The molecule has 2 N–H and O–H groups in total. The van der Waals surface area contributed by atoms with Gasteiger partial charge in [0.15, 0.2) is 6.61 Å². The van der Waals surface area contributed by atoms with Crippen molar-refractivity contribution in [2.75, 3.05) is 0 Å². The first-order valence-corrected chi connectivity index (χ1v) is 4.84. The third-order valence-electron chi connectivity index (χ3n) is 1.94. The van der Waals surface area contributed by atoms with E-state index in [0.717, 1.165) is 5.69 Å². The summed E-state index contributed by atoms with van der Waals surface area (Å²) in [4.78, 5) is 4.10. The van der Waals surface area contributed by atoms with Gasteiger partial charge in [0.1, 0.15) is 5.75 Å². The molecule has 6 nitrogen and oxygen atoms in total. The molecule has 0 saturated carbocycles. The van der Waals surface area contributed by atoms with Crippen LogP contribution in [0.3, 0.4) is 0 Å². The van der Waals surface area contributed by atoms with Gasteiger partial charge in [-0.1, -0.05) is 0 Å². The minimum absolute atomic E-state index is 0.241. The van der Waals surface area contributed by atoms with Crippen molar-refractivity contribution >= 4 is 0 Å². The number of pyridine rings is 1. The third kappa shape index (κ3) is 2.54. The Kier molecular flexibility index (Phi) is 3.11. The van der Waals surface area contributed by atoms with E-state index in [9.17, 15) is 0 Å². The maximum absolute atomic E-state index is 5.43. The van der Waals surface area contributed by atoms with Crippen LogP contribution in [-0.4, -0.2) is 15.2 Å². The van der Waals surface area contributed by atoms with E-state index in [2.05, 4.69) is 15.2 Å². The van der Waals surface area contributed by atoms with E-state index in [4.69, 9.17) is 14.9 Å². The molecule has 16 heavy (non-hydrogen) atoms. The zero-order valence-electron chi connectivity index (χ0n) is 8.88. The number of rotatable bonds is 4. The first kappa shape index (κ1) is 10.6. The van der Waals surface area contributed by atoms with Gasteiger partial charge in [-0.05, 0) is 12.1 Å². The van der Waals surface area contributed by atoms with Crippen LogP contribution in [-0.2, 0) is 13.2 Å². The van der Waals surface area contributed by atoms with Crippen LogP contribution in [0, 0.1) is 6.92 Å². The molecule has 0 bridgehead atoms. The Bertz CT molecular complexity index is 452. The van der Waals surface area contributed by atoms with Crippen molar-refractivity contribution in [1.82, 2.24) is 15.2 Å². The second kappa shape index (κ2) is 4.71. The molecule has 0 fully saturated rings. The van der Waals surface area contributed by atoms with Crippen LogP contribution in [0.15, 0.2) is 22.7 Å². The van der Waals surface area contributed by atoms with Crippen LogP contribution in [0.2, 0.25) is 0 Å². The standard InChI is InChI=1S/C10H12N4O2/c1-7-13-14-10(16-7)6-15-9-3-2-8(4-11)12-5-9/h2-3,5H,4,6,11H2,1H3. The molecule has 2 aromatic rings. The van der Waals surface area contributed by atoms with Gasteiger partial charge in [-0.3, -0.25) is 4.98 Å². The number of hydrogen-bond acceptors (Lipinski definition) is 6. The fourth-order valence-electron chi connectivity index (χ4n) is 1.16. The molecule has 0 atom stereocenters. The summed E-state index contributed by atoms with van der Waals surface area (Å²) < 4.78 is 10.6. The highest BCUT2D eigenvalue weighted by Gasteiger charge is 2.03. The fourth-order valence-corrected chi connectivity index (χ4v) is 1.16. The first-order chi connectivity index (χ1) is 7.78. The number of aryl methyl sites for hydroxylation is 1. The number of ether oxygens (including phenoxy) is 1. The highest BCUT2D eigenvalue weighted by molar-refractivity contribution is 5.19. The molecule has 0 amide bonds. The Morgan fingerprint density at radius 2 is 2.25 bits per heavy atom. The van der Waals surface area contributed by atoms with Gasteiger partial charge in [-0.2, -0.15) is 0 Å². The molecule has 84 valence electrons. The summed E-state index contributed by atoms with van der Waals surface area (Å²) in [5.74, 6) is 1.61. The second-order valence-electron chi connectivity index (χ2n) is 3.19. The lowest BCUT2D eigenvalue weighted by molar-refractivity contribution is 0.259. The van der Waals surface area contributed by atoms with Gasteiger partial charge in [0.05, 0.1) is 11.9 Å². The van der Waals surface area contributed by atoms with Gasteiger partial charge in [0.2, 0.25) is 5.89 Å².